The number of amides is 1. The van der Waals surface area contributed by atoms with Crippen molar-refractivity contribution in [1.82, 2.24) is 24.8 Å². The summed E-state index contributed by atoms with van der Waals surface area (Å²) >= 11 is 0. The highest BCUT2D eigenvalue weighted by molar-refractivity contribution is 6.02. The van der Waals surface area contributed by atoms with Crippen LogP contribution in [0.4, 0.5) is 27.8 Å². The number of alkyl halides is 4. The van der Waals surface area contributed by atoms with Crippen LogP contribution >= 0.6 is 0 Å². The summed E-state index contributed by atoms with van der Waals surface area (Å²) in [6, 6.07) is 9.50. The van der Waals surface area contributed by atoms with E-state index in [4.69, 9.17) is 16.1 Å². The maximum Gasteiger partial charge on any atom is 0.471 e. The molecule has 3 saturated heterocycles. The largest absolute Gasteiger partial charge is 0.471 e. The van der Waals surface area contributed by atoms with Gasteiger partial charge in [-0.1, -0.05) is 36.3 Å². The molecule has 3 aliphatic heterocycles. The molecule has 2 bridgehead atoms. The van der Waals surface area contributed by atoms with Gasteiger partial charge in [0.25, 0.3) is 0 Å². The number of piperazine rings is 1. The standard InChI is InChI=1S/C37H35F5N6O2/c1-2-22-5-3-6-23-7-4-8-27(29(22)23)31-30(39)32-28(17-43-31)33(47-18-25-9-10-26(19-47)48(25)34(49)37(40,41)42)45-35(44-32)50-21-36(13-14-36)20-46-15-11-24(38)12-16-46/h1,3-8,17,24-26H,9-16,18-21H2/t25-,26+. The molecule has 4 aromatic rings. The van der Waals surface area contributed by atoms with Gasteiger partial charge in [-0.05, 0) is 50.0 Å². The molecular formula is C37H35F5N6O2. The van der Waals surface area contributed by atoms with Crippen molar-refractivity contribution in [1.29, 1.82) is 0 Å². The molecule has 8 rings (SSSR count). The number of likely N-dealkylation sites (tertiary alicyclic amines) is 1. The minimum Gasteiger partial charge on any atom is -0.463 e. The number of pyridine rings is 1. The molecule has 0 spiro atoms. The molecule has 50 heavy (non-hydrogen) atoms. The topological polar surface area (TPSA) is 74.7 Å². The van der Waals surface area contributed by atoms with Crippen molar-refractivity contribution in [3.05, 3.63) is 54.0 Å². The fraction of sp³-hybridized carbons (Fsp3) is 0.459. The molecular weight excluding hydrogens is 655 g/mol. The number of anilines is 1. The van der Waals surface area contributed by atoms with Gasteiger partial charge >= 0.3 is 18.1 Å². The van der Waals surface area contributed by atoms with Crippen molar-refractivity contribution in [2.75, 3.05) is 44.2 Å². The fourth-order valence-corrected chi connectivity index (χ4v) is 8.00. The molecule has 5 heterocycles. The molecule has 2 atom stereocenters. The number of fused-ring (bicyclic) bond motifs is 4. The number of ether oxygens (including phenoxy) is 1. The zero-order valence-corrected chi connectivity index (χ0v) is 27.2. The van der Waals surface area contributed by atoms with Gasteiger partial charge in [-0.25, -0.2) is 8.78 Å². The van der Waals surface area contributed by atoms with Crippen LogP contribution in [0.2, 0.25) is 0 Å². The van der Waals surface area contributed by atoms with E-state index in [1.54, 1.807) is 23.1 Å². The van der Waals surface area contributed by atoms with E-state index in [2.05, 4.69) is 20.8 Å². The lowest BCUT2D eigenvalue weighted by Gasteiger charge is -2.42. The van der Waals surface area contributed by atoms with E-state index < -0.39 is 36.2 Å². The maximum atomic E-state index is 16.8. The molecule has 4 fully saturated rings. The van der Waals surface area contributed by atoms with Crippen LogP contribution < -0.4 is 9.64 Å². The van der Waals surface area contributed by atoms with E-state index in [1.165, 1.54) is 6.20 Å². The Labute approximate surface area is 285 Å². The Balaban J connectivity index is 1.17. The Hall–Kier alpha value is -4.57. The van der Waals surface area contributed by atoms with Gasteiger partial charge in [-0.2, -0.15) is 23.1 Å². The Morgan fingerprint density at radius 2 is 1.72 bits per heavy atom. The highest BCUT2D eigenvalue weighted by Gasteiger charge is 2.52. The second-order valence-corrected chi connectivity index (χ2v) is 14.1. The van der Waals surface area contributed by atoms with Gasteiger partial charge in [0.05, 0.1) is 24.1 Å². The van der Waals surface area contributed by atoms with Crippen LogP contribution in [0.15, 0.2) is 42.6 Å². The van der Waals surface area contributed by atoms with Crippen molar-refractivity contribution >= 4 is 33.4 Å². The first-order valence-corrected chi connectivity index (χ1v) is 17.0. The van der Waals surface area contributed by atoms with Gasteiger partial charge in [-0.3, -0.25) is 9.78 Å². The molecule has 0 N–H and O–H groups in total. The van der Waals surface area contributed by atoms with Gasteiger partial charge < -0.3 is 19.4 Å². The number of carbonyl (C=O) groups is 1. The van der Waals surface area contributed by atoms with Crippen molar-refractivity contribution in [2.45, 2.75) is 63.0 Å². The Kier molecular flexibility index (Phi) is 8.05. The van der Waals surface area contributed by atoms with Crippen LogP contribution in [0.25, 0.3) is 32.9 Å². The number of nitrogens with zero attached hydrogens (tertiary/aromatic N) is 6. The Morgan fingerprint density at radius 3 is 2.38 bits per heavy atom. The SMILES string of the molecule is C#Cc1cccc2cccc(-c3ncc4c(N5C[C@H]6CC[C@@H](C5)N6C(=O)C(F)(F)F)nc(OCC5(CN6CCC(F)CC6)CC5)nc4c3F)c12. The van der Waals surface area contributed by atoms with E-state index in [1.807, 2.05) is 18.2 Å². The Bertz CT molecular complexity index is 2000. The summed E-state index contributed by atoms with van der Waals surface area (Å²) in [5, 5.41) is 1.77. The molecule has 2 aromatic carbocycles. The quantitative estimate of drug-likeness (QED) is 0.167. The highest BCUT2D eigenvalue weighted by atomic mass is 19.4. The third kappa shape index (κ3) is 5.87. The predicted molar refractivity (Wildman–Crippen MR) is 178 cm³/mol. The second kappa shape index (κ2) is 12.3. The molecule has 13 heteroatoms. The minimum absolute atomic E-state index is 0.0389. The van der Waals surface area contributed by atoms with Gasteiger partial charge in [0.1, 0.15) is 23.2 Å². The lowest BCUT2D eigenvalue weighted by atomic mass is 9.97. The van der Waals surface area contributed by atoms with Crippen molar-refractivity contribution in [3.63, 3.8) is 0 Å². The minimum atomic E-state index is -4.98. The lowest BCUT2D eigenvalue weighted by molar-refractivity contribution is -0.188. The number of carbonyl (C=O) groups excluding carboxylic acids is 1. The van der Waals surface area contributed by atoms with E-state index in [-0.39, 0.29) is 53.5 Å². The first-order valence-electron chi connectivity index (χ1n) is 17.0. The Morgan fingerprint density at radius 1 is 1.02 bits per heavy atom. The average molecular weight is 691 g/mol. The molecule has 1 saturated carbocycles. The van der Waals surface area contributed by atoms with Crippen LogP contribution in [0, 0.1) is 23.6 Å². The number of hydrogen-bond donors (Lipinski definition) is 0. The molecule has 8 nitrogen and oxygen atoms in total. The van der Waals surface area contributed by atoms with Crippen LogP contribution in [-0.2, 0) is 4.79 Å². The molecule has 0 radical (unpaired) electrons. The van der Waals surface area contributed by atoms with Gasteiger partial charge in [0.15, 0.2) is 5.82 Å². The summed E-state index contributed by atoms with van der Waals surface area (Å²) in [6.07, 6.45) is 5.23. The molecule has 1 aliphatic carbocycles. The first-order chi connectivity index (χ1) is 24.0. The monoisotopic (exact) mass is 690 g/mol. The third-order valence-electron chi connectivity index (χ3n) is 10.8. The van der Waals surface area contributed by atoms with Crippen molar-refractivity contribution < 1.29 is 31.5 Å². The number of halogens is 5. The number of terminal acetylenes is 1. The molecule has 260 valence electrons. The number of piperidine rings is 1. The molecule has 2 aromatic heterocycles. The molecule has 4 aliphatic rings. The van der Waals surface area contributed by atoms with E-state index in [0.717, 1.165) is 29.7 Å². The zero-order valence-electron chi connectivity index (χ0n) is 27.2. The molecule has 1 amide bonds. The number of hydrogen-bond acceptors (Lipinski definition) is 7. The summed E-state index contributed by atoms with van der Waals surface area (Å²) in [4.78, 5) is 31.2. The van der Waals surface area contributed by atoms with Crippen LogP contribution in [0.3, 0.4) is 0 Å². The molecule has 0 unspecified atom stereocenters. The average Bonchev–Trinajstić information content (AvgIpc) is 3.83. The second-order valence-electron chi connectivity index (χ2n) is 14.1. The highest BCUT2D eigenvalue weighted by Crippen LogP contribution is 2.47. The van der Waals surface area contributed by atoms with Crippen LogP contribution in [0.1, 0.15) is 44.1 Å². The third-order valence-corrected chi connectivity index (χ3v) is 10.8. The van der Waals surface area contributed by atoms with Gasteiger partial charge in [0.2, 0.25) is 0 Å². The summed E-state index contributed by atoms with van der Waals surface area (Å²) in [7, 11) is 0. The van der Waals surface area contributed by atoms with Crippen molar-refractivity contribution in [2.24, 2.45) is 5.41 Å². The number of aromatic nitrogens is 3. The summed E-state index contributed by atoms with van der Waals surface area (Å²) < 4.78 is 77.3. The van der Waals surface area contributed by atoms with Gasteiger partial charge in [0, 0.05) is 60.8 Å². The van der Waals surface area contributed by atoms with Crippen LogP contribution in [-0.4, -0.2) is 94.4 Å². The fourth-order valence-electron chi connectivity index (χ4n) is 8.00. The summed E-state index contributed by atoms with van der Waals surface area (Å²) in [5.41, 5.74) is 0.919. The zero-order chi connectivity index (χ0) is 34.8. The van der Waals surface area contributed by atoms with E-state index >= 15 is 4.39 Å². The maximum absolute atomic E-state index is 16.8. The summed E-state index contributed by atoms with van der Waals surface area (Å²) in [6.45, 7) is 2.55. The first kappa shape index (κ1) is 32.6. The van der Waals surface area contributed by atoms with E-state index in [0.29, 0.717) is 55.3 Å². The normalized spacial score (nSPS) is 22.2. The number of rotatable bonds is 7. The number of benzene rings is 2. The van der Waals surface area contributed by atoms with E-state index in [9.17, 15) is 22.4 Å². The van der Waals surface area contributed by atoms with Gasteiger partial charge in [-0.15, -0.1) is 6.42 Å². The lowest BCUT2D eigenvalue weighted by Crippen LogP contribution is -2.59. The van der Waals surface area contributed by atoms with Crippen LogP contribution in [0.5, 0.6) is 6.01 Å². The predicted octanol–water partition coefficient (Wildman–Crippen LogP) is 6.30. The summed E-state index contributed by atoms with van der Waals surface area (Å²) in [5.74, 6) is 0.415. The smallest absolute Gasteiger partial charge is 0.463 e. The van der Waals surface area contributed by atoms with Crippen molar-refractivity contribution in [3.8, 4) is 29.6 Å².